The maximum absolute atomic E-state index is 12.0. The molecule has 1 saturated heterocycles. The highest BCUT2D eigenvalue weighted by atomic mass is 32.2. The number of ether oxygens (including phenoxy) is 1. The number of carbonyl (C=O) groups excluding carboxylic acids is 2. The number of aromatic amines is 1. The third-order valence-corrected chi connectivity index (χ3v) is 6.13. The number of likely N-dealkylation sites (tertiary alicyclic amines) is 1. The number of hydrogen-bond acceptors (Lipinski definition) is 7. The lowest BCUT2D eigenvalue weighted by atomic mass is 10.2. The van der Waals surface area contributed by atoms with Gasteiger partial charge in [-0.15, -0.1) is 0 Å². The van der Waals surface area contributed by atoms with Gasteiger partial charge < -0.3 is 25.0 Å². The van der Waals surface area contributed by atoms with E-state index in [0.29, 0.717) is 18.7 Å². The summed E-state index contributed by atoms with van der Waals surface area (Å²) in [6.45, 7) is 6.50. The molecule has 2 heterocycles. The molecule has 0 atom stereocenters. The van der Waals surface area contributed by atoms with Crippen LogP contribution in [0.5, 0.6) is 5.75 Å². The van der Waals surface area contributed by atoms with E-state index < -0.39 is 5.97 Å². The number of carboxylic acid groups (broad SMARTS) is 1. The Bertz CT molecular complexity index is 1020. The predicted molar refractivity (Wildman–Crippen MR) is 156 cm³/mol. The van der Waals surface area contributed by atoms with Crippen LogP contribution < -0.4 is 10.1 Å². The van der Waals surface area contributed by atoms with Gasteiger partial charge >= 0.3 is 5.97 Å². The minimum atomic E-state index is -1.14. The Labute approximate surface area is 236 Å². The van der Waals surface area contributed by atoms with Crippen molar-refractivity contribution < 1.29 is 24.2 Å². The molecule has 10 nitrogen and oxygen atoms in total. The van der Waals surface area contributed by atoms with Crippen LogP contribution >= 0.6 is 11.8 Å². The number of thioether (sulfide) groups is 1. The number of amides is 2. The van der Waals surface area contributed by atoms with Crippen molar-refractivity contribution in [3.8, 4) is 5.75 Å². The first kappa shape index (κ1) is 33.7. The molecule has 0 unspecified atom stereocenters. The molecule has 1 aliphatic rings. The Morgan fingerprint density at radius 3 is 2.51 bits per heavy atom. The summed E-state index contributed by atoms with van der Waals surface area (Å²) < 4.78 is 5.28. The summed E-state index contributed by atoms with van der Waals surface area (Å²) in [5.41, 5.74) is 1.91. The second kappa shape index (κ2) is 19.7. The molecule has 1 aromatic heterocycles. The average Bonchev–Trinajstić information content (AvgIpc) is 3.66. The van der Waals surface area contributed by atoms with E-state index in [-0.39, 0.29) is 24.1 Å². The summed E-state index contributed by atoms with van der Waals surface area (Å²) in [7, 11) is 3.39. The van der Waals surface area contributed by atoms with Gasteiger partial charge in [0, 0.05) is 49.3 Å². The van der Waals surface area contributed by atoms with Gasteiger partial charge in [-0.1, -0.05) is 32.0 Å². The summed E-state index contributed by atoms with van der Waals surface area (Å²) in [6, 6.07) is 7.56. The molecule has 2 aromatic rings. The molecule has 11 heteroatoms. The first-order valence-corrected chi connectivity index (χ1v) is 14.5. The number of carboxylic acids is 1. The standard InChI is InChI=1S/C16H22N2O4S.C10H15N3O.C2H6/c1-18(10-12-6-4-5-7-14(12)22-2)11-15(19)17-13(16(20)21)8-9-23-3;14-10(13-5-1-2-6-13)4-3-9-7-11-8-12-9;1-2/h4-8H,9-11H2,1-3H3,(H,17,19)(H,20,21);7-8H,1-6H2,(H,11,12);1-2H3/b13-8+;;. The lowest BCUT2D eigenvalue weighted by Crippen LogP contribution is -2.36. The van der Waals surface area contributed by atoms with Gasteiger partial charge in [0.1, 0.15) is 11.4 Å². The molecule has 0 aliphatic carbocycles. The number of hydrogen-bond donors (Lipinski definition) is 3. The molecule has 3 rings (SSSR count). The van der Waals surface area contributed by atoms with Gasteiger partial charge in [-0.3, -0.25) is 14.5 Å². The van der Waals surface area contributed by atoms with E-state index >= 15 is 0 Å². The minimum absolute atomic E-state index is 0.0853. The van der Waals surface area contributed by atoms with E-state index in [2.05, 4.69) is 15.3 Å². The first-order chi connectivity index (χ1) is 18.8. The number of aryl methyl sites for hydroxylation is 1. The van der Waals surface area contributed by atoms with Crippen molar-refractivity contribution in [3.05, 3.63) is 59.8 Å². The number of imidazole rings is 1. The Morgan fingerprint density at radius 1 is 1.23 bits per heavy atom. The number of methoxy groups -OCH3 is 1. The lowest BCUT2D eigenvalue weighted by molar-refractivity contribution is -0.134. The number of nitrogens with one attached hydrogen (secondary N) is 2. The zero-order chi connectivity index (χ0) is 29.0. The molecule has 39 heavy (non-hydrogen) atoms. The van der Waals surface area contributed by atoms with Crippen LogP contribution in [0.4, 0.5) is 0 Å². The summed E-state index contributed by atoms with van der Waals surface area (Å²) in [5, 5.41) is 11.5. The molecular weight excluding hydrogens is 518 g/mol. The number of benzene rings is 1. The molecule has 216 valence electrons. The third-order valence-electron chi connectivity index (χ3n) is 5.63. The van der Waals surface area contributed by atoms with Crippen LogP contribution in [0, 0.1) is 0 Å². The van der Waals surface area contributed by atoms with Crippen LogP contribution in [0.3, 0.4) is 0 Å². The SMILES string of the molecule is CC.COc1ccccc1CN(C)CC(=O)N/C(=C/CSC)C(=O)O.O=C(CCc1cnc[nH]1)N1CCCC1. The van der Waals surface area contributed by atoms with Crippen LogP contribution in [0.25, 0.3) is 0 Å². The Balaban J connectivity index is 0.000000403. The van der Waals surface area contributed by atoms with Crippen molar-refractivity contribution in [2.45, 2.75) is 46.1 Å². The number of H-pyrrole nitrogens is 1. The Kier molecular flexibility index (Phi) is 17.0. The number of likely N-dealkylation sites (N-methyl/N-ethyl adjacent to an activating group) is 1. The van der Waals surface area contributed by atoms with Crippen LogP contribution in [0.2, 0.25) is 0 Å². The van der Waals surface area contributed by atoms with Crippen LogP contribution in [-0.2, 0) is 27.3 Å². The van der Waals surface area contributed by atoms with Gasteiger partial charge in [0.2, 0.25) is 11.8 Å². The number of aromatic nitrogens is 2. The average molecular weight is 562 g/mol. The summed E-state index contributed by atoms with van der Waals surface area (Å²) in [5.74, 6) is 0.0544. The van der Waals surface area contributed by atoms with Gasteiger partial charge in [-0.05, 0) is 44.7 Å². The van der Waals surface area contributed by atoms with Crippen molar-refractivity contribution in [2.24, 2.45) is 0 Å². The van der Waals surface area contributed by atoms with Crippen molar-refractivity contribution in [1.29, 1.82) is 0 Å². The molecule has 1 aliphatic heterocycles. The normalized spacial score (nSPS) is 12.7. The Hall–Kier alpha value is -3.31. The quantitative estimate of drug-likeness (QED) is 0.336. The second-order valence-corrected chi connectivity index (χ2v) is 9.49. The van der Waals surface area contributed by atoms with E-state index in [1.807, 2.05) is 49.3 Å². The number of aliphatic carboxylic acids is 1. The minimum Gasteiger partial charge on any atom is -0.496 e. The van der Waals surface area contributed by atoms with Gasteiger partial charge in [-0.2, -0.15) is 11.8 Å². The van der Waals surface area contributed by atoms with Gasteiger partial charge in [0.25, 0.3) is 0 Å². The Morgan fingerprint density at radius 2 is 1.92 bits per heavy atom. The van der Waals surface area contributed by atoms with E-state index in [4.69, 9.17) is 9.84 Å². The van der Waals surface area contributed by atoms with Crippen LogP contribution in [0.15, 0.2) is 48.6 Å². The fourth-order valence-electron chi connectivity index (χ4n) is 3.76. The topological polar surface area (TPSA) is 128 Å². The summed E-state index contributed by atoms with van der Waals surface area (Å²) >= 11 is 1.48. The molecule has 2 amide bonds. The number of carbonyl (C=O) groups is 3. The largest absolute Gasteiger partial charge is 0.496 e. The maximum atomic E-state index is 12.0. The molecule has 0 radical (unpaired) electrons. The van der Waals surface area contributed by atoms with Crippen LogP contribution in [0.1, 0.15) is 44.4 Å². The van der Waals surface area contributed by atoms with E-state index in [1.54, 1.807) is 31.6 Å². The van der Waals surface area contributed by atoms with Crippen molar-refractivity contribution in [1.82, 2.24) is 25.1 Å². The third kappa shape index (κ3) is 13.4. The smallest absolute Gasteiger partial charge is 0.352 e. The lowest BCUT2D eigenvalue weighted by Gasteiger charge is -2.18. The summed E-state index contributed by atoms with van der Waals surface area (Å²) in [4.78, 5) is 45.4. The maximum Gasteiger partial charge on any atom is 0.352 e. The fraction of sp³-hybridized carbons (Fsp3) is 0.500. The highest BCUT2D eigenvalue weighted by Gasteiger charge is 2.17. The molecule has 1 fully saturated rings. The van der Waals surface area contributed by atoms with Crippen molar-refractivity contribution >= 4 is 29.5 Å². The van der Waals surface area contributed by atoms with E-state index in [0.717, 1.165) is 49.4 Å². The molecule has 3 N–H and O–H groups in total. The van der Waals surface area contributed by atoms with Gasteiger partial charge in [-0.25, -0.2) is 9.78 Å². The molecule has 1 aromatic carbocycles. The molecule has 0 spiro atoms. The van der Waals surface area contributed by atoms with Crippen molar-refractivity contribution in [3.63, 3.8) is 0 Å². The van der Waals surface area contributed by atoms with E-state index in [1.165, 1.54) is 17.8 Å². The molecule has 0 saturated carbocycles. The molecular formula is C28H43N5O5S. The monoisotopic (exact) mass is 561 g/mol. The molecule has 0 bridgehead atoms. The first-order valence-electron chi connectivity index (χ1n) is 13.1. The second-order valence-electron chi connectivity index (χ2n) is 8.58. The predicted octanol–water partition coefficient (Wildman–Crippen LogP) is 3.57. The summed E-state index contributed by atoms with van der Waals surface area (Å²) in [6.07, 6.45) is 10.5. The number of rotatable bonds is 12. The van der Waals surface area contributed by atoms with Crippen molar-refractivity contribution in [2.75, 3.05) is 45.8 Å². The number of nitrogens with zero attached hydrogens (tertiary/aromatic N) is 3. The zero-order valence-electron chi connectivity index (χ0n) is 23.7. The number of para-hydroxylation sites is 1. The highest BCUT2D eigenvalue weighted by Crippen LogP contribution is 2.18. The fourth-order valence-corrected chi connectivity index (χ4v) is 4.09. The highest BCUT2D eigenvalue weighted by molar-refractivity contribution is 7.98. The van der Waals surface area contributed by atoms with E-state index in [9.17, 15) is 14.4 Å². The van der Waals surface area contributed by atoms with Crippen LogP contribution in [-0.4, -0.2) is 88.5 Å². The van der Waals surface area contributed by atoms with Gasteiger partial charge in [0.15, 0.2) is 0 Å². The zero-order valence-corrected chi connectivity index (χ0v) is 24.6. The van der Waals surface area contributed by atoms with Gasteiger partial charge in [0.05, 0.1) is 20.0 Å².